The molecule has 1 heterocycles. The first-order chi connectivity index (χ1) is 14.1. The number of anilines is 1. The van der Waals surface area contributed by atoms with Crippen LogP contribution in [-0.2, 0) is 0 Å². The molecule has 1 aliphatic heterocycles. The highest BCUT2D eigenvalue weighted by Crippen LogP contribution is 2.28. The fourth-order valence-electron chi connectivity index (χ4n) is 3.56. The maximum absolute atomic E-state index is 14.6. The fourth-order valence-corrected chi connectivity index (χ4v) is 3.56. The lowest BCUT2D eigenvalue weighted by Gasteiger charge is -2.19. The van der Waals surface area contributed by atoms with Gasteiger partial charge in [0.05, 0.1) is 11.4 Å². The van der Waals surface area contributed by atoms with Crippen molar-refractivity contribution in [1.82, 2.24) is 0 Å². The smallest absolute Gasteiger partial charge is 0.147 e. The summed E-state index contributed by atoms with van der Waals surface area (Å²) in [5, 5.41) is 0. The van der Waals surface area contributed by atoms with Gasteiger partial charge in [0.15, 0.2) is 0 Å². The minimum Gasteiger partial charge on any atom is -0.457 e. The van der Waals surface area contributed by atoms with Gasteiger partial charge in [0, 0.05) is 19.3 Å². The van der Waals surface area contributed by atoms with Crippen molar-refractivity contribution < 1.29 is 9.13 Å². The number of aryl methyl sites for hydroxylation is 2. The maximum atomic E-state index is 14.6. The number of hydrogen-bond acceptors (Lipinski definition) is 3. The summed E-state index contributed by atoms with van der Waals surface area (Å²) >= 11 is 0. The van der Waals surface area contributed by atoms with Crippen molar-refractivity contribution in [3.63, 3.8) is 0 Å². The molecule has 0 radical (unpaired) electrons. The zero-order valence-corrected chi connectivity index (χ0v) is 16.9. The molecule has 0 saturated carbocycles. The first-order valence-corrected chi connectivity index (χ1v) is 10.0. The van der Waals surface area contributed by atoms with Crippen molar-refractivity contribution in [3.05, 3.63) is 83.2 Å². The molecular weight excluding hydrogens is 363 g/mol. The Labute approximate surface area is 171 Å². The number of hydrogen-bond donors (Lipinski definition) is 0. The molecule has 1 fully saturated rings. The van der Waals surface area contributed by atoms with Gasteiger partial charge in [-0.2, -0.15) is 0 Å². The molecule has 29 heavy (non-hydrogen) atoms. The molecule has 3 aromatic carbocycles. The first kappa shape index (κ1) is 19.2. The molecule has 4 heteroatoms. The predicted molar refractivity (Wildman–Crippen MR) is 118 cm³/mol. The van der Waals surface area contributed by atoms with Gasteiger partial charge < -0.3 is 9.64 Å². The van der Waals surface area contributed by atoms with Crippen LogP contribution in [-0.4, -0.2) is 19.3 Å². The van der Waals surface area contributed by atoms with Crippen molar-refractivity contribution in [2.45, 2.75) is 26.7 Å². The third-order valence-corrected chi connectivity index (χ3v) is 5.29. The van der Waals surface area contributed by atoms with Gasteiger partial charge in [0.2, 0.25) is 0 Å². The van der Waals surface area contributed by atoms with Crippen molar-refractivity contribution in [3.8, 4) is 11.5 Å². The van der Waals surface area contributed by atoms with Crippen LogP contribution in [0.4, 0.5) is 15.8 Å². The predicted octanol–water partition coefficient (Wildman–Crippen LogP) is 6.59. The van der Waals surface area contributed by atoms with Crippen LogP contribution in [0.3, 0.4) is 0 Å². The lowest BCUT2D eigenvalue weighted by atomic mass is 10.1. The van der Waals surface area contributed by atoms with Crippen LogP contribution in [0.25, 0.3) is 0 Å². The second kappa shape index (κ2) is 8.48. The van der Waals surface area contributed by atoms with E-state index in [1.54, 1.807) is 12.3 Å². The summed E-state index contributed by atoms with van der Waals surface area (Å²) in [4.78, 5) is 6.63. The summed E-state index contributed by atoms with van der Waals surface area (Å²) in [5.41, 5.74) is 4.41. The first-order valence-electron chi connectivity index (χ1n) is 10.0. The molecule has 3 nitrogen and oxygen atoms in total. The van der Waals surface area contributed by atoms with Gasteiger partial charge in [-0.25, -0.2) is 4.39 Å². The van der Waals surface area contributed by atoms with Gasteiger partial charge in [-0.1, -0.05) is 18.2 Å². The van der Waals surface area contributed by atoms with Crippen LogP contribution in [0.15, 0.2) is 65.7 Å². The third kappa shape index (κ3) is 4.48. The van der Waals surface area contributed by atoms with Gasteiger partial charge in [-0.05, 0) is 85.8 Å². The van der Waals surface area contributed by atoms with E-state index >= 15 is 0 Å². The van der Waals surface area contributed by atoms with Crippen molar-refractivity contribution >= 4 is 17.6 Å². The molecule has 4 rings (SSSR count). The molecule has 0 bridgehead atoms. The van der Waals surface area contributed by atoms with E-state index in [1.807, 2.05) is 68.4 Å². The van der Waals surface area contributed by atoms with Crippen molar-refractivity contribution in [2.24, 2.45) is 4.99 Å². The molecule has 148 valence electrons. The number of aliphatic imine (C=N–C) groups is 1. The molecule has 0 unspecified atom stereocenters. The maximum Gasteiger partial charge on any atom is 0.147 e. The van der Waals surface area contributed by atoms with Gasteiger partial charge in [-0.3, -0.25) is 4.99 Å². The largest absolute Gasteiger partial charge is 0.457 e. The van der Waals surface area contributed by atoms with Crippen LogP contribution in [0.5, 0.6) is 11.5 Å². The Balaban J connectivity index is 1.47. The number of benzene rings is 3. The minimum absolute atomic E-state index is 0.180. The van der Waals surface area contributed by atoms with E-state index in [0.29, 0.717) is 5.69 Å². The average molecular weight is 388 g/mol. The SMILES string of the molecule is Cc1cc(N2CCCC2)c(F)cc1C=Nc1ccc(Oc2ccccc2C)cc1. The molecule has 3 aromatic rings. The van der Waals surface area contributed by atoms with Crippen LogP contribution < -0.4 is 9.64 Å². The third-order valence-electron chi connectivity index (χ3n) is 5.29. The molecule has 1 aliphatic rings. The van der Waals surface area contributed by atoms with Gasteiger partial charge in [0.25, 0.3) is 0 Å². The Morgan fingerprint density at radius 2 is 1.66 bits per heavy atom. The summed E-state index contributed by atoms with van der Waals surface area (Å²) < 4.78 is 20.5. The monoisotopic (exact) mass is 388 g/mol. The Morgan fingerprint density at radius 1 is 0.931 bits per heavy atom. The Hall–Kier alpha value is -3.14. The number of para-hydroxylation sites is 1. The molecule has 1 saturated heterocycles. The Bertz CT molecular complexity index is 1020. The number of nitrogens with zero attached hydrogens (tertiary/aromatic N) is 2. The standard InChI is InChI=1S/C25H25FN2O/c1-18-7-3-4-8-25(18)29-22-11-9-21(10-12-22)27-17-20-16-23(26)24(15-19(20)2)28-13-5-6-14-28/h3-4,7-12,15-17H,5-6,13-14H2,1-2H3. The second-order valence-electron chi connectivity index (χ2n) is 7.47. The summed E-state index contributed by atoms with van der Waals surface area (Å²) in [6.45, 7) is 5.88. The highest BCUT2D eigenvalue weighted by atomic mass is 19.1. The normalized spacial score (nSPS) is 14.0. The summed E-state index contributed by atoms with van der Waals surface area (Å²) in [5.74, 6) is 1.42. The zero-order valence-electron chi connectivity index (χ0n) is 16.9. The highest BCUT2D eigenvalue weighted by molar-refractivity contribution is 5.84. The molecule has 0 atom stereocenters. The summed E-state index contributed by atoms with van der Waals surface area (Å²) in [6.07, 6.45) is 3.99. The lowest BCUT2D eigenvalue weighted by molar-refractivity contribution is 0.479. The fraction of sp³-hybridized carbons (Fsp3) is 0.240. The molecule has 0 spiro atoms. The van der Waals surface area contributed by atoms with E-state index < -0.39 is 0 Å². The van der Waals surface area contributed by atoms with Crippen molar-refractivity contribution in [1.29, 1.82) is 0 Å². The van der Waals surface area contributed by atoms with Crippen LogP contribution in [0, 0.1) is 19.7 Å². The van der Waals surface area contributed by atoms with E-state index in [2.05, 4.69) is 9.89 Å². The quantitative estimate of drug-likeness (QED) is 0.461. The van der Waals surface area contributed by atoms with Crippen LogP contribution >= 0.6 is 0 Å². The topological polar surface area (TPSA) is 24.8 Å². The zero-order chi connectivity index (χ0) is 20.2. The molecule has 0 N–H and O–H groups in total. The Kier molecular flexibility index (Phi) is 5.61. The van der Waals surface area contributed by atoms with E-state index in [4.69, 9.17) is 4.74 Å². The number of halogens is 1. The average Bonchev–Trinajstić information content (AvgIpc) is 3.26. The van der Waals surface area contributed by atoms with Crippen LogP contribution in [0.2, 0.25) is 0 Å². The van der Waals surface area contributed by atoms with E-state index in [-0.39, 0.29) is 5.82 Å². The van der Waals surface area contributed by atoms with Gasteiger partial charge in [-0.15, -0.1) is 0 Å². The van der Waals surface area contributed by atoms with Gasteiger partial charge in [0.1, 0.15) is 17.3 Å². The number of rotatable bonds is 5. The summed E-state index contributed by atoms with van der Waals surface area (Å²) in [7, 11) is 0. The van der Waals surface area contributed by atoms with E-state index in [0.717, 1.165) is 59.8 Å². The van der Waals surface area contributed by atoms with Gasteiger partial charge >= 0.3 is 0 Å². The molecule has 0 aromatic heterocycles. The second-order valence-corrected chi connectivity index (χ2v) is 7.47. The summed E-state index contributed by atoms with van der Waals surface area (Å²) in [6, 6.07) is 19.0. The van der Waals surface area contributed by atoms with Crippen LogP contribution in [0.1, 0.15) is 29.5 Å². The van der Waals surface area contributed by atoms with Crippen molar-refractivity contribution in [2.75, 3.05) is 18.0 Å². The highest BCUT2D eigenvalue weighted by Gasteiger charge is 2.17. The van der Waals surface area contributed by atoms with E-state index in [1.165, 1.54) is 0 Å². The molecular formula is C25H25FN2O. The van der Waals surface area contributed by atoms with E-state index in [9.17, 15) is 4.39 Å². The lowest BCUT2D eigenvalue weighted by Crippen LogP contribution is -2.19. The number of ether oxygens (including phenoxy) is 1. The molecule has 0 aliphatic carbocycles. The molecule has 0 amide bonds. The Morgan fingerprint density at radius 3 is 2.38 bits per heavy atom. The minimum atomic E-state index is -0.180.